The van der Waals surface area contributed by atoms with E-state index in [-0.39, 0.29) is 5.91 Å². The molecule has 1 aromatic rings. The SMILES string of the molecule is COc1ccc(CCC(=O)N(CCC#N)CC(C)C)cc1. The molecule has 1 amide bonds. The number of ether oxygens (including phenoxy) is 1. The number of nitriles is 1. The summed E-state index contributed by atoms with van der Waals surface area (Å²) in [6.07, 6.45) is 1.58. The number of benzene rings is 1. The van der Waals surface area contributed by atoms with E-state index in [9.17, 15) is 4.79 Å². The minimum absolute atomic E-state index is 0.120. The number of nitrogens with zero attached hydrogens (tertiary/aromatic N) is 2. The highest BCUT2D eigenvalue weighted by Crippen LogP contribution is 2.13. The number of hydrogen-bond donors (Lipinski definition) is 0. The highest BCUT2D eigenvalue weighted by Gasteiger charge is 2.14. The van der Waals surface area contributed by atoms with Crippen molar-refractivity contribution in [2.45, 2.75) is 33.1 Å². The van der Waals surface area contributed by atoms with Crippen LogP contribution in [0.15, 0.2) is 24.3 Å². The minimum Gasteiger partial charge on any atom is -0.497 e. The van der Waals surface area contributed by atoms with Crippen molar-refractivity contribution in [2.24, 2.45) is 5.92 Å². The van der Waals surface area contributed by atoms with Gasteiger partial charge in [0.05, 0.1) is 19.6 Å². The van der Waals surface area contributed by atoms with Gasteiger partial charge in [-0.1, -0.05) is 26.0 Å². The van der Waals surface area contributed by atoms with Crippen LogP contribution in [0.3, 0.4) is 0 Å². The number of aryl methyl sites for hydroxylation is 1. The van der Waals surface area contributed by atoms with Crippen LogP contribution in [0.25, 0.3) is 0 Å². The molecule has 0 N–H and O–H groups in total. The summed E-state index contributed by atoms with van der Waals surface area (Å²) < 4.78 is 5.12. The zero-order valence-corrected chi connectivity index (χ0v) is 13.1. The molecule has 0 aliphatic heterocycles. The van der Waals surface area contributed by atoms with E-state index in [1.54, 1.807) is 12.0 Å². The molecule has 1 rings (SSSR count). The maximum atomic E-state index is 12.3. The molecular weight excluding hydrogens is 264 g/mol. The molecule has 0 saturated carbocycles. The van der Waals surface area contributed by atoms with Gasteiger partial charge in [-0.05, 0) is 30.0 Å². The molecule has 0 heterocycles. The molecule has 114 valence electrons. The lowest BCUT2D eigenvalue weighted by Crippen LogP contribution is -2.35. The molecule has 0 bridgehead atoms. The number of rotatable bonds is 8. The van der Waals surface area contributed by atoms with Crippen molar-refractivity contribution in [1.29, 1.82) is 5.26 Å². The van der Waals surface area contributed by atoms with Gasteiger partial charge in [0.2, 0.25) is 5.91 Å². The predicted octanol–water partition coefficient (Wildman–Crippen LogP) is 3.03. The highest BCUT2D eigenvalue weighted by atomic mass is 16.5. The van der Waals surface area contributed by atoms with E-state index >= 15 is 0 Å². The molecule has 0 saturated heterocycles. The Morgan fingerprint density at radius 3 is 2.52 bits per heavy atom. The fraction of sp³-hybridized carbons (Fsp3) is 0.529. The average molecular weight is 288 g/mol. The number of hydrogen-bond acceptors (Lipinski definition) is 3. The molecule has 0 aliphatic rings. The molecule has 21 heavy (non-hydrogen) atoms. The zero-order chi connectivity index (χ0) is 15.7. The van der Waals surface area contributed by atoms with Crippen LogP contribution in [0, 0.1) is 17.2 Å². The zero-order valence-electron chi connectivity index (χ0n) is 13.1. The first-order valence-electron chi connectivity index (χ1n) is 7.34. The molecule has 0 radical (unpaired) electrons. The van der Waals surface area contributed by atoms with Crippen LogP contribution in [0.2, 0.25) is 0 Å². The van der Waals surface area contributed by atoms with Gasteiger partial charge in [-0.25, -0.2) is 0 Å². The molecule has 0 fully saturated rings. The number of methoxy groups -OCH3 is 1. The second-order valence-corrected chi connectivity index (χ2v) is 5.49. The Kier molecular flexibility index (Phi) is 7.31. The summed E-state index contributed by atoms with van der Waals surface area (Å²) in [6, 6.07) is 9.87. The number of carbonyl (C=O) groups is 1. The van der Waals surface area contributed by atoms with E-state index in [1.165, 1.54) is 0 Å². The summed E-state index contributed by atoms with van der Waals surface area (Å²) in [5.74, 6) is 1.35. The summed E-state index contributed by atoms with van der Waals surface area (Å²) in [5.41, 5.74) is 1.12. The van der Waals surface area contributed by atoms with E-state index in [0.717, 1.165) is 11.3 Å². The van der Waals surface area contributed by atoms with E-state index in [4.69, 9.17) is 10.00 Å². The first kappa shape index (κ1) is 17.0. The van der Waals surface area contributed by atoms with Gasteiger partial charge in [-0.2, -0.15) is 5.26 Å². The van der Waals surface area contributed by atoms with Crippen molar-refractivity contribution in [3.05, 3.63) is 29.8 Å². The fourth-order valence-electron chi connectivity index (χ4n) is 2.15. The highest BCUT2D eigenvalue weighted by molar-refractivity contribution is 5.76. The largest absolute Gasteiger partial charge is 0.497 e. The average Bonchev–Trinajstić information content (AvgIpc) is 2.49. The molecule has 0 spiro atoms. The lowest BCUT2D eigenvalue weighted by molar-refractivity contribution is -0.131. The first-order chi connectivity index (χ1) is 10.1. The molecule has 4 nitrogen and oxygen atoms in total. The Hall–Kier alpha value is -2.02. The Balaban J connectivity index is 2.53. The van der Waals surface area contributed by atoms with Gasteiger partial charge in [-0.15, -0.1) is 0 Å². The van der Waals surface area contributed by atoms with Crippen LogP contribution in [0.5, 0.6) is 5.75 Å². The van der Waals surface area contributed by atoms with Crippen LogP contribution in [-0.2, 0) is 11.2 Å². The van der Waals surface area contributed by atoms with Crippen molar-refractivity contribution >= 4 is 5.91 Å². The third-order valence-corrected chi connectivity index (χ3v) is 3.22. The summed E-state index contributed by atoms with van der Waals surface area (Å²) in [4.78, 5) is 14.1. The van der Waals surface area contributed by atoms with Crippen molar-refractivity contribution < 1.29 is 9.53 Å². The monoisotopic (exact) mass is 288 g/mol. The van der Waals surface area contributed by atoms with Crippen molar-refractivity contribution in [1.82, 2.24) is 4.90 Å². The fourth-order valence-corrected chi connectivity index (χ4v) is 2.15. The van der Waals surface area contributed by atoms with Crippen molar-refractivity contribution in [3.63, 3.8) is 0 Å². The van der Waals surface area contributed by atoms with Gasteiger partial charge >= 0.3 is 0 Å². The second kappa shape index (κ2) is 9.02. The van der Waals surface area contributed by atoms with Gasteiger partial charge in [0.1, 0.15) is 5.75 Å². The molecule has 0 aromatic heterocycles. The summed E-state index contributed by atoms with van der Waals surface area (Å²) in [6.45, 7) is 5.39. The molecule has 4 heteroatoms. The van der Waals surface area contributed by atoms with E-state index in [2.05, 4.69) is 19.9 Å². The van der Waals surface area contributed by atoms with Crippen LogP contribution in [0.1, 0.15) is 32.3 Å². The summed E-state index contributed by atoms with van der Waals surface area (Å²) in [7, 11) is 1.64. The lowest BCUT2D eigenvalue weighted by atomic mass is 10.1. The first-order valence-corrected chi connectivity index (χ1v) is 7.34. The van der Waals surface area contributed by atoms with E-state index in [0.29, 0.717) is 38.3 Å². The van der Waals surface area contributed by atoms with Gasteiger partial charge < -0.3 is 9.64 Å². The second-order valence-electron chi connectivity index (χ2n) is 5.49. The number of amides is 1. The topological polar surface area (TPSA) is 53.3 Å². The standard InChI is InChI=1S/C17H24N2O2/c1-14(2)13-19(12-4-11-18)17(20)10-7-15-5-8-16(21-3)9-6-15/h5-6,8-9,14H,4,7,10,12-13H2,1-3H3. The Morgan fingerprint density at radius 2 is 2.00 bits per heavy atom. The van der Waals surface area contributed by atoms with Crippen molar-refractivity contribution in [2.75, 3.05) is 20.2 Å². The molecular formula is C17H24N2O2. The quantitative estimate of drug-likeness (QED) is 0.739. The minimum atomic E-state index is 0.120. The Labute approximate surface area is 127 Å². The van der Waals surface area contributed by atoms with Crippen LogP contribution >= 0.6 is 0 Å². The Bertz CT molecular complexity index is 475. The lowest BCUT2D eigenvalue weighted by Gasteiger charge is -2.23. The molecule has 0 atom stereocenters. The van der Waals surface area contributed by atoms with E-state index < -0.39 is 0 Å². The smallest absolute Gasteiger partial charge is 0.222 e. The normalized spacial score (nSPS) is 10.2. The molecule has 0 unspecified atom stereocenters. The van der Waals surface area contributed by atoms with Gasteiger partial charge in [0.25, 0.3) is 0 Å². The maximum Gasteiger partial charge on any atom is 0.222 e. The van der Waals surface area contributed by atoms with Crippen LogP contribution < -0.4 is 4.74 Å². The van der Waals surface area contributed by atoms with Crippen LogP contribution in [-0.4, -0.2) is 31.0 Å². The van der Waals surface area contributed by atoms with Crippen molar-refractivity contribution in [3.8, 4) is 11.8 Å². The van der Waals surface area contributed by atoms with Gasteiger partial charge in [0, 0.05) is 19.5 Å². The maximum absolute atomic E-state index is 12.3. The summed E-state index contributed by atoms with van der Waals surface area (Å²) in [5, 5.41) is 8.69. The molecule has 1 aromatic carbocycles. The van der Waals surface area contributed by atoms with Gasteiger partial charge in [0.15, 0.2) is 0 Å². The number of carbonyl (C=O) groups excluding carboxylic acids is 1. The summed E-state index contributed by atoms with van der Waals surface area (Å²) >= 11 is 0. The van der Waals surface area contributed by atoms with Gasteiger partial charge in [-0.3, -0.25) is 4.79 Å². The predicted molar refractivity (Wildman–Crippen MR) is 83.0 cm³/mol. The molecule has 0 aliphatic carbocycles. The van der Waals surface area contributed by atoms with Crippen LogP contribution in [0.4, 0.5) is 0 Å². The third kappa shape index (κ3) is 6.31. The Morgan fingerprint density at radius 1 is 1.33 bits per heavy atom. The van der Waals surface area contributed by atoms with E-state index in [1.807, 2.05) is 24.3 Å². The third-order valence-electron chi connectivity index (χ3n) is 3.22.